The van der Waals surface area contributed by atoms with E-state index < -0.39 is 17.2 Å². The summed E-state index contributed by atoms with van der Waals surface area (Å²) in [5.74, 6) is 0.460. The first kappa shape index (κ1) is 12.2. The average molecular weight is 274 g/mol. The van der Waals surface area contributed by atoms with E-state index in [1.165, 1.54) is 6.92 Å². The summed E-state index contributed by atoms with van der Waals surface area (Å²) in [6, 6.07) is 4.87. The Morgan fingerprint density at radius 2 is 2.10 bits per heavy atom. The van der Waals surface area contributed by atoms with E-state index in [1.54, 1.807) is 18.2 Å². The molecule has 1 aliphatic rings. The maximum atomic E-state index is 11.7. The molecule has 0 saturated heterocycles. The van der Waals surface area contributed by atoms with Gasteiger partial charge in [-0.3, -0.25) is 19.6 Å². The molecule has 0 amide bonds. The fourth-order valence-electron chi connectivity index (χ4n) is 2.04. The van der Waals surface area contributed by atoms with Crippen LogP contribution < -0.4 is 20.7 Å². The SMILES string of the molecule is CC(=O)Oc1ccc2c(c1)Oc1[nH]c(=O)[nH]c(=O)c1C2. The minimum absolute atomic E-state index is 0.117. The predicted octanol–water partition coefficient (Wildman–Crippen LogP) is 0.685. The average Bonchev–Trinajstić information content (AvgIpc) is 2.35. The van der Waals surface area contributed by atoms with Crippen molar-refractivity contribution in [1.82, 2.24) is 9.97 Å². The Bertz CT molecular complexity index is 818. The number of rotatable bonds is 1. The molecule has 0 bridgehead atoms. The maximum Gasteiger partial charge on any atom is 0.328 e. The molecule has 1 aromatic heterocycles. The molecule has 2 N–H and O–H groups in total. The van der Waals surface area contributed by atoms with Crippen molar-refractivity contribution in [1.29, 1.82) is 0 Å². The van der Waals surface area contributed by atoms with Crippen molar-refractivity contribution in [2.45, 2.75) is 13.3 Å². The molecule has 1 aliphatic heterocycles. The van der Waals surface area contributed by atoms with Gasteiger partial charge in [0.05, 0.1) is 5.56 Å². The Morgan fingerprint density at radius 1 is 1.30 bits per heavy atom. The summed E-state index contributed by atoms with van der Waals surface area (Å²) in [7, 11) is 0. The number of nitrogens with one attached hydrogen (secondary N) is 2. The van der Waals surface area contributed by atoms with E-state index in [-0.39, 0.29) is 5.88 Å². The number of ether oxygens (including phenoxy) is 2. The molecule has 0 spiro atoms. The number of H-pyrrole nitrogens is 2. The molecule has 0 saturated carbocycles. The van der Waals surface area contributed by atoms with Gasteiger partial charge >= 0.3 is 11.7 Å². The van der Waals surface area contributed by atoms with E-state index in [4.69, 9.17) is 9.47 Å². The summed E-state index contributed by atoms with van der Waals surface area (Å²) in [5.41, 5.74) is 0.0232. The fraction of sp³-hybridized carbons (Fsp3) is 0.154. The van der Waals surface area contributed by atoms with Crippen LogP contribution in [-0.2, 0) is 11.2 Å². The Balaban J connectivity index is 2.04. The standard InChI is InChI=1S/C13H10N2O5/c1-6(16)19-8-3-2-7-4-9-11(17)14-13(18)15-12(9)20-10(7)5-8/h2-3,5H,4H2,1H3,(H2,14,15,17,18). The number of hydrogen-bond acceptors (Lipinski definition) is 5. The molecule has 0 radical (unpaired) electrons. The van der Waals surface area contributed by atoms with Crippen molar-refractivity contribution in [3.63, 3.8) is 0 Å². The van der Waals surface area contributed by atoms with Gasteiger partial charge in [-0.2, -0.15) is 0 Å². The van der Waals surface area contributed by atoms with Crippen molar-refractivity contribution < 1.29 is 14.3 Å². The summed E-state index contributed by atoms with van der Waals surface area (Å²) in [6.45, 7) is 1.30. The third-order valence-corrected chi connectivity index (χ3v) is 2.88. The smallest absolute Gasteiger partial charge is 0.328 e. The van der Waals surface area contributed by atoms with E-state index in [9.17, 15) is 14.4 Å². The van der Waals surface area contributed by atoms with Crippen LogP contribution in [0, 0.1) is 0 Å². The number of hydrogen-bond donors (Lipinski definition) is 2. The van der Waals surface area contributed by atoms with E-state index in [1.807, 2.05) is 0 Å². The number of fused-ring (bicyclic) bond motifs is 2. The Morgan fingerprint density at radius 3 is 2.85 bits per heavy atom. The first-order valence-electron chi connectivity index (χ1n) is 5.87. The second kappa shape index (κ2) is 4.37. The van der Waals surface area contributed by atoms with Crippen LogP contribution in [-0.4, -0.2) is 15.9 Å². The minimum atomic E-state index is -0.631. The molecule has 2 heterocycles. The van der Waals surface area contributed by atoms with Crippen molar-refractivity contribution in [3.8, 4) is 17.4 Å². The molecule has 3 rings (SSSR count). The molecular formula is C13H10N2O5. The van der Waals surface area contributed by atoms with E-state index in [0.29, 0.717) is 23.5 Å². The number of carbonyl (C=O) groups is 1. The number of benzene rings is 1. The third kappa shape index (κ3) is 2.09. The predicted molar refractivity (Wildman–Crippen MR) is 68.3 cm³/mol. The van der Waals surface area contributed by atoms with Crippen LogP contribution in [0.5, 0.6) is 17.4 Å². The van der Waals surface area contributed by atoms with Gasteiger partial charge in [-0.15, -0.1) is 0 Å². The van der Waals surface area contributed by atoms with Crippen LogP contribution in [0.2, 0.25) is 0 Å². The van der Waals surface area contributed by atoms with Crippen LogP contribution in [0.3, 0.4) is 0 Å². The number of aromatic nitrogens is 2. The molecular weight excluding hydrogens is 264 g/mol. The van der Waals surface area contributed by atoms with Crippen LogP contribution in [0.25, 0.3) is 0 Å². The summed E-state index contributed by atoms with van der Waals surface area (Å²) >= 11 is 0. The molecule has 20 heavy (non-hydrogen) atoms. The lowest BCUT2D eigenvalue weighted by Gasteiger charge is -2.19. The van der Waals surface area contributed by atoms with Crippen molar-refractivity contribution in [3.05, 3.63) is 50.2 Å². The monoisotopic (exact) mass is 274 g/mol. The summed E-state index contributed by atoms with van der Waals surface area (Å²) in [4.78, 5) is 38.4. The van der Waals surface area contributed by atoms with E-state index in [2.05, 4.69) is 9.97 Å². The molecule has 2 aromatic rings. The highest BCUT2D eigenvalue weighted by Crippen LogP contribution is 2.35. The summed E-state index contributed by atoms with van der Waals surface area (Å²) in [6.07, 6.45) is 0.330. The topological polar surface area (TPSA) is 101 Å². The Labute approximate surface area is 112 Å². The minimum Gasteiger partial charge on any atom is -0.440 e. The lowest BCUT2D eigenvalue weighted by molar-refractivity contribution is -0.131. The second-order valence-electron chi connectivity index (χ2n) is 4.36. The molecule has 0 fully saturated rings. The second-order valence-corrected chi connectivity index (χ2v) is 4.36. The molecule has 7 heteroatoms. The largest absolute Gasteiger partial charge is 0.440 e. The number of esters is 1. The molecule has 0 aliphatic carbocycles. The van der Waals surface area contributed by atoms with Gasteiger partial charge in [0.2, 0.25) is 5.88 Å². The molecule has 102 valence electrons. The number of carbonyl (C=O) groups excluding carboxylic acids is 1. The first-order chi connectivity index (χ1) is 9.52. The van der Waals surface area contributed by atoms with Gasteiger partial charge in [0.25, 0.3) is 5.56 Å². The number of aromatic amines is 2. The first-order valence-corrected chi connectivity index (χ1v) is 5.87. The van der Waals surface area contributed by atoms with E-state index in [0.717, 1.165) is 5.56 Å². The van der Waals surface area contributed by atoms with Gasteiger partial charge in [0, 0.05) is 19.4 Å². The Kier molecular flexibility index (Phi) is 2.67. The summed E-state index contributed by atoms with van der Waals surface area (Å²) < 4.78 is 10.5. The highest BCUT2D eigenvalue weighted by molar-refractivity contribution is 5.69. The molecule has 1 aromatic carbocycles. The van der Waals surface area contributed by atoms with Gasteiger partial charge in [-0.05, 0) is 11.6 Å². The van der Waals surface area contributed by atoms with Crippen LogP contribution in [0.4, 0.5) is 0 Å². The Hall–Kier alpha value is -2.83. The highest BCUT2D eigenvalue weighted by atomic mass is 16.5. The van der Waals surface area contributed by atoms with Gasteiger partial charge in [-0.25, -0.2) is 4.79 Å². The van der Waals surface area contributed by atoms with Crippen LogP contribution >= 0.6 is 0 Å². The van der Waals surface area contributed by atoms with Crippen LogP contribution in [0.15, 0.2) is 27.8 Å². The summed E-state index contributed by atoms with van der Waals surface area (Å²) in [5, 5.41) is 0. The van der Waals surface area contributed by atoms with Gasteiger partial charge in [-0.1, -0.05) is 6.07 Å². The molecule has 7 nitrogen and oxygen atoms in total. The lowest BCUT2D eigenvalue weighted by Crippen LogP contribution is -2.27. The van der Waals surface area contributed by atoms with Crippen LogP contribution in [0.1, 0.15) is 18.1 Å². The zero-order valence-electron chi connectivity index (χ0n) is 10.5. The van der Waals surface area contributed by atoms with E-state index >= 15 is 0 Å². The normalized spacial score (nSPS) is 12.1. The van der Waals surface area contributed by atoms with Crippen molar-refractivity contribution in [2.24, 2.45) is 0 Å². The third-order valence-electron chi connectivity index (χ3n) is 2.88. The van der Waals surface area contributed by atoms with Gasteiger partial charge in [0.1, 0.15) is 11.5 Å². The van der Waals surface area contributed by atoms with Gasteiger partial charge in [0.15, 0.2) is 0 Å². The zero-order valence-corrected chi connectivity index (χ0v) is 10.5. The maximum absolute atomic E-state index is 11.7. The van der Waals surface area contributed by atoms with Crippen molar-refractivity contribution >= 4 is 5.97 Å². The molecule has 0 atom stereocenters. The molecule has 0 unspecified atom stereocenters. The lowest BCUT2D eigenvalue weighted by atomic mass is 10.0. The fourth-order valence-corrected chi connectivity index (χ4v) is 2.04. The highest BCUT2D eigenvalue weighted by Gasteiger charge is 2.21. The van der Waals surface area contributed by atoms with Crippen molar-refractivity contribution in [2.75, 3.05) is 0 Å². The quantitative estimate of drug-likeness (QED) is 0.502. The zero-order chi connectivity index (χ0) is 14.3. The van der Waals surface area contributed by atoms with Gasteiger partial charge < -0.3 is 9.47 Å².